The van der Waals surface area contributed by atoms with E-state index in [1.165, 1.54) is 6.42 Å². The van der Waals surface area contributed by atoms with Crippen molar-refractivity contribution >= 4 is 5.95 Å². The molecule has 0 bridgehead atoms. The highest BCUT2D eigenvalue weighted by molar-refractivity contribution is 5.32. The van der Waals surface area contributed by atoms with Gasteiger partial charge in [-0.15, -0.1) is 0 Å². The third-order valence-corrected chi connectivity index (χ3v) is 3.33. The molecule has 2 N–H and O–H groups in total. The number of aromatic nitrogens is 2. The van der Waals surface area contributed by atoms with Crippen molar-refractivity contribution in [2.75, 3.05) is 19.0 Å². The van der Waals surface area contributed by atoms with E-state index in [9.17, 15) is 5.11 Å². The van der Waals surface area contributed by atoms with Crippen LogP contribution in [0.25, 0.3) is 0 Å². The third kappa shape index (κ3) is 2.85. The average Bonchev–Trinajstić information content (AvgIpc) is 2.40. The molecule has 5 nitrogen and oxygen atoms in total. The van der Waals surface area contributed by atoms with E-state index in [-0.39, 0.29) is 12.1 Å². The molecule has 5 heteroatoms. The van der Waals surface area contributed by atoms with Crippen molar-refractivity contribution in [2.24, 2.45) is 0 Å². The summed E-state index contributed by atoms with van der Waals surface area (Å²) in [6.45, 7) is 0.119. The first-order valence-corrected chi connectivity index (χ1v) is 6.04. The standard InChI is InChI=1S/C12H19N3O2/c1-17-10-5-8-13-11(14-10)15-12(9-16)6-3-2-4-7-12/h5,8,16H,2-4,6-7,9H2,1H3,(H,13,14,15). The summed E-state index contributed by atoms with van der Waals surface area (Å²) in [4.78, 5) is 8.38. The first kappa shape index (κ1) is 12.1. The van der Waals surface area contributed by atoms with Crippen LogP contribution in [0.4, 0.5) is 5.95 Å². The van der Waals surface area contributed by atoms with Gasteiger partial charge in [0.25, 0.3) is 0 Å². The molecule has 0 radical (unpaired) electrons. The highest BCUT2D eigenvalue weighted by Crippen LogP contribution is 2.30. The van der Waals surface area contributed by atoms with Gasteiger partial charge >= 0.3 is 0 Å². The van der Waals surface area contributed by atoms with Gasteiger partial charge in [-0.1, -0.05) is 19.3 Å². The highest BCUT2D eigenvalue weighted by atomic mass is 16.5. The molecule has 0 unspecified atom stereocenters. The summed E-state index contributed by atoms with van der Waals surface area (Å²) in [6.07, 6.45) is 7.09. The summed E-state index contributed by atoms with van der Waals surface area (Å²) < 4.78 is 5.06. The quantitative estimate of drug-likeness (QED) is 0.832. The van der Waals surface area contributed by atoms with Gasteiger partial charge in [-0.25, -0.2) is 4.98 Å². The Morgan fingerprint density at radius 3 is 2.82 bits per heavy atom. The minimum absolute atomic E-state index is 0.119. The van der Waals surface area contributed by atoms with Gasteiger partial charge in [0.1, 0.15) is 0 Å². The van der Waals surface area contributed by atoms with E-state index in [4.69, 9.17) is 4.74 Å². The number of anilines is 1. The van der Waals surface area contributed by atoms with Crippen molar-refractivity contribution in [3.8, 4) is 5.88 Å². The largest absolute Gasteiger partial charge is 0.481 e. The van der Waals surface area contributed by atoms with E-state index >= 15 is 0 Å². The second-order valence-corrected chi connectivity index (χ2v) is 4.55. The van der Waals surface area contributed by atoms with Crippen LogP contribution < -0.4 is 10.1 Å². The van der Waals surface area contributed by atoms with Crippen LogP contribution in [-0.4, -0.2) is 34.3 Å². The van der Waals surface area contributed by atoms with Crippen LogP contribution in [0.15, 0.2) is 12.3 Å². The molecular weight excluding hydrogens is 218 g/mol. The molecule has 1 aromatic heterocycles. The predicted molar refractivity (Wildman–Crippen MR) is 65.1 cm³/mol. The zero-order chi connectivity index (χ0) is 12.1. The molecule has 1 aromatic rings. The zero-order valence-corrected chi connectivity index (χ0v) is 10.1. The summed E-state index contributed by atoms with van der Waals surface area (Å²) in [5.41, 5.74) is -0.259. The number of ether oxygens (including phenoxy) is 1. The number of aliphatic hydroxyl groups excluding tert-OH is 1. The van der Waals surface area contributed by atoms with Crippen molar-refractivity contribution in [1.82, 2.24) is 9.97 Å². The van der Waals surface area contributed by atoms with Crippen LogP contribution in [0.3, 0.4) is 0 Å². The number of nitrogens with one attached hydrogen (secondary N) is 1. The van der Waals surface area contributed by atoms with Gasteiger partial charge in [-0.05, 0) is 12.8 Å². The van der Waals surface area contributed by atoms with Crippen molar-refractivity contribution < 1.29 is 9.84 Å². The van der Waals surface area contributed by atoms with E-state index in [1.807, 2.05) is 0 Å². The Hall–Kier alpha value is -1.36. The van der Waals surface area contributed by atoms with Crippen LogP contribution >= 0.6 is 0 Å². The number of aliphatic hydroxyl groups is 1. The normalized spacial score (nSPS) is 18.7. The van der Waals surface area contributed by atoms with Crippen LogP contribution in [-0.2, 0) is 0 Å². The first-order valence-electron chi connectivity index (χ1n) is 6.04. The van der Waals surface area contributed by atoms with Gasteiger partial charge in [0.2, 0.25) is 11.8 Å². The van der Waals surface area contributed by atoms with Gasteiger partial charge in [0.15, 0.2) is 0 Å². The molecule has 1 fully saturated rings. The maximum Gasteiger partial charge on any atom is 0.226 e. The first-order chi connectivity index (χ1) is 8.28. The Bertz CT molecular complexity index is 365. The topological polar surface area (TPSA) is 67.3 Å². The van der Waals surface area contributed by atoms with Gasteiger partial charge in [0.05, 0.1) is 19.3 Å². The highest BCUT2D eigenvalue weighted by Gasteiger charge is 2.31. The summed E-state index contributed by atoms with van der Waals surface area (Å²) >= 11 is 0. The Labute approximate surface area is 101 Å². The maximum absolute atomic E-state index is 9.58. The van der Waals surface area contributed by atoms with E-state index in [0.29, 0.717) is 11.8 Å². The van der Waals surface area contributed by atoms with Crippen LogP contribution in [0.2, 0.25) is 0 Å². The predicted octanol–water partition coefficient (Wildman–Crippen LogP) is 1.59. The molecule has 0 aromatic carbocycles. The molecule has 1 aliphatic rings. The molecule has 0 spiro atoms. The van der Waals surface area contributed by atoms with Gasteiger partial charge < -0.3 is 15.2 Å². The lowest BCUT2D eigenvalue weighted by molar-refractivity contribution is 0.172. The lowest BCUT2D eigenvalue weighted by Crippen LogP contribution is -2.44. The fourth-order valence-corrected chi connectivity index (χ4v) is 2.30. The Morgan fingerprint density at radius 1 is 1.41 bits per heavy atom. The van der Waals surface area contributed by atoms with Crippen molar-refractivity contribution in [3.63, 3.8) is 0 Å². The van der Waals surface area contributed by atoms with Crippen LogP contribution in [0.5, 0.6) is 5.88 Å². The molecule has 1 heterocycles. The molecule has 1 saturated carbocycles. The van der Waals surface area contributed by atoms with Gasteiger partial charge in [0, 0.05) is 12.3 Å². The maximum atomic E-state index is 9.58. The summed E-state index contributed by atoms with van der Waals surface area (Å²) in [5.74, 6) is 1.06. The molecular formula is C12H19N3O2. The third-order valence-electron chi connectivity index (χ3n) is 3.33. The Morgan fingerprint density at radius 2 is 2.18 bits per heavy atom. The number of methoxy groups -OCH3 is 1. The number of hydrogen-bond acceptors (Lipinski definition) is 5. The molecule has 94 valence electrons. The van der Waals surface area contributed by atoms with Crippen LogP contribution in [0, 0.1) is 0 Å². The number of rotatable bonds is 4. The summed E-state index contributed by atoms with van der Waals surface area (Å²) in [7, 11) is 1.58. The second-order valence-electron chi connectivity index (χ2n) is 4.55. The van der Waals surface area contributed by atoms with E-state index in [0.717, 1.165) is 25.7 Å². The summed E-state index contributed by atoms with van der Waals surface area (Å²) in [5, 5.41) is 12.8. The smallest absolute Gasteiger partial charge is 0.226 e. The molecule has 2 rings (SSSR count). The van der Waals surface area contributed by atoms with E-state index in [2.05, 4.69) is 15.3 Å². The lowest BCUT2D eigenvalue weighted by Gasteiger charge is -2.36. The lowest BCUT2D eigenvalue weighted by atomic mass is 9.82. The number of hydrogen-bond donors (Lipinski definition) is 2. The Kier molecular flexibility index (Phi) is 3.78. The fourth-order valence-electron chi connectivity index (χ4n) is 2.30. The number of nitrogens with zero attached hydrogens (tertiary/aromatic N) is 2. The van der Waals surface area contributed by atoms with Gasteiger partial charge in [-0.3, -0.25) is 0 Å². The Balaban J connectivity index is 2.11. The minimum Gasteiger partial charge on any atom is -0.481 e. The van der Waals surface area contributed by atoms with Crippen molar-refractivity contribution in [3.05, 3.63) is 12.3 Å². The molecule has 1 aliphatic carbocycles. The molecule has 0 amide bonds. The van der Waals surface area contributed by atoms with E-state index in [1.54, 1.807) is 19.4 Å². The monoisotopic (exact) mass is 237 g/mol. The van der Waals surface area contributed by atoms with Crippen molar-refractivity contribution in [2.45, 2.75) is 37.6 Å². The molecule has 17 heavy (non-hydrogen) atoms. The van der Waals surface area contributed by atoms with Crippen molar-refractivity contribution in [1.29, 1.82) is 0 Å². The summed E-state index contributed by atoms with van der Waals surface area (Å²) in [6, 6.07) is 1.71. The zero-order valence-electron chi connectivity index (χ0n) is 10.1. The average molecular weight is 237 g/mol. The minimum atomic E-state index is -0.259. The molecule has 0 aliphatic heterocycles. The molecule has 0 saturated heterocycles. The fraction of sp³-hybridized carbons (Fsp3) is 0.667. The van der Waals surface area contributed by atoms with Crippen LogP contribution in [0.1, 0.15) is 32.1 Å². The van der Waals surface area contributed by atoms with E-state index < -0.39 is 0 Å². The SMILES string of the molecule is COc1ccnc(NC2(CO)CCCCC2)n1. The molecule has 0 atom stereocenters. The second kappa shape index (κ2) is 5.31. The van der Waals surface area contributed by atoms with Gasteiger partial charge in [-0.2, -0.15) is 4.98 Å².